The van der Waals surface area contributed by atoms with Crippen molar-refractivity contribution in [3.8, 4) is 0 Å². The van der Waals surface area contributed by atoms with Gasteiger partial charge in [0.2, 0.25) is 5.91 Å². The van der Waals surface area contributed by atoms with Crippen LogP contribution < -0.4 is 5.32 Å². The van der Waals surface area contributed by atoms with E-state index in [1.807, 2.05) is 33.3 Å². The second-order valence-corrected chi connectivity index (χ2v) is 4.86. The zero-order chi connectivity index (χ0) is 12.1. The van der Waals surface area contributed by atoms with Crippen molar-refractivity contribution < 1.29 is 4.79 Å². The molecule has 16 heavy (non-hydrogen) atoms. The van der Waals surface area contributed by atoms with Gasteiger partial charge in [0.05, 0.1) is 11.7 Å². The highest BCUT2D eigenvalue weighted by Gasteiger charge is 2.13. The van der Waals surface area contributed by atoms with Crippen LogP contribution in [0.15, 0.2) is 6.20 Å². The van der Waals surface area contributed by atoms with Crippen molar-refractivity contribution in [1.29, 1.82) is 0 Å². The molecule has 1 aromatic rings. The minimum atomic E-state index is 0.0306. The Kier molecular flexibility index (Phi) is 4.86. The van der Waals surface area contributed by atoms with E-state index in [-0.39, 0.29) is 11.9 Å². The highest BCUT2D eigenvalue weighted by atomic mass is 32.2. The highest BCUT2D eigenvalue weighted by molar-refractivity contribution is 7.98. The van der Waals surface area contributed by atoms with Gasteiger partial charge in [0.15, 0.2) is 0 Å². The van der Waals surface area contributed by atoms with Gasteiger partial charge in [-0.1, -0.05) is 0 Å². The molecule has 4 nitrogen and oxygen atoms in total. The molecule has 1 unspecified atom stereocenters. The van der Waals surface area contributed by atoms with Gasteiger partial charge in [-0.25, -0.2) is 0 Å². The first-order chi connectivity index (χ1) is 7.54. The molecule has 0 saturated carbocycles. The molecule has 0 aromatic carbocycles. The first-order valence-electron chi connectivity index (χ1n) is 5.33. The van der Waals surface area contributed by atoms with Crippen LogP contribution in [-0.4, -0.2) is 27.7 Å². The Morgan fingerprint density at radius 3 is 2.88 bits per heavy atom. The number of aryl methyl sites for hydroxylation is 2. The molecule has 0 saturated heterocycles. The first kappa shape index (κ1) is 13.1. The molecule has 1 heterocycles. The Bertz CT molecular complexity index is 362. The van der Waals surface area contributed by atoms with Gasteiger partial charge in [-0.15, -0.1) is 0 Å². The van der Waals surface area contributed by atoms with E-state index in [0.29, 0.717) is 6.42 Å². The number of hydrogen-bond acceptors (Lipinski definition) is 3. The lowest BCUT2D eigenvalue weighted by Gasteiger charge is -2.12. The molecular weight excluding hydrogens is 222 g/mol. The number of rotatable bonds is 5. The van der Waals surface area contributed by atoms with Gasteiger partial charge in [0.1, 0.15) is 0 Å². The molecule has 0 aliphatic rings. The summed E-state index contributed by atoms with van der Waals surface area (Å²) >= 11 is 1.68. The number of nitrogens with zero attached hydrogens (tertiary/aromatic N) is 2. The number of carbonyl (C=O) groups is 1. The van der Waals surface area contributed by atoms with Crippen LogP contribution in [0.4, 0.5) is 0 Å². The lowest BCUT2D eigenvalue weighted by molar-refractivity contribution is -0.121. The second kappa shape index (κ2) is 5.94. The Balaban J connectivity index is 2.55. The summed E-state index contributed by atoms with van der Waals surface area (Å²) in [6.07, 6.45) is 4.53. The average Bonchev–Trinajstić information content (AvgIpc) is 2.54. The summed E-state index contributed by atoms with van der Waals surface area (Å²) in [5, 5.41) is 7.24. The number of thioether (sulfide) groups is 1. The topological polar surface area (TPSA) is 46.9 Å². The van der Waals surface area contributed by atoms with Gasteiger partial charge in [-0.05, 0) is 20.1 Å². The first-order valence-corrected chi connectivity index (χ1v) is 6.72. The van der Waals surface area contributed by atoms with Crippen molar-refractivity contribution in [3.05, 3.63) is 17.5 Å². The van der Waals surface area contributed by atoms with Crippen LogP contribution in [0.2, 0.25) is 0 Å². The third-order valence-corrected chi connectivity index (χ3v) is 3.04. The fraction of sp³-hybridized carbons (Fsp3) is 0.636. The summed E-state index contributed by atoms with van der Waals surface area (Å²) in [5.74, 6) is 0.968. The monoisotopic (exact) mass is 241 g/mol. The molecule has 1 aromatic heterocycles. The van der Waals surface area contributed by atoms with Crippen molar-refractivity contribution in [2.45, 2.75) is 26.3 Å². The van der Waals surface area contributed by atoms with Crippen LogP contribution in [-0.2, 0) is 11.8 Å². The van der Waals surface area contributed by atoms with E-state index in [1.165, 1.54) is 0 Å². The minimum Gasteiger partial charge on any atom is -0.349 e. The molecule has 1 atom stereocenters. The molecule has 1 N–H and O–H groups in total. The van der Waals surface area contributed by atoms with Gasteiger partial charge in [0, 0.05) is 31.0 Å². The number of hydrogen-bond donors (Lipinski definition) is 1. The molecule has 0 aliphatic carbocycles. The second-order valence-electron chi connectivity index (χ2n) is 3.88. The van der Waals surface area contributed by atoms with Crippen LogP contribution in [0, 0.1) is 6.92 Å². The maximum Gasteiger partial charge on any atom is 0.221 e. The number of carbonyl (C=O) groups excluding carboxylic acids is 1. The zero-order valence-corrected chi connectivity index (χ0v) is 11.1. The highest BCUT2D eigenvalue weighted by Crippen LogP contribution is 2.15. The van der Waals surface area contributed by atoms with E-state index in [4.69, 9.17) is 0 Å². The van der Waals surface area contributed by atoms with E-state index in [9.17, 15) is 4.79 Å². The van der Waals surface area contributed by atoms with E-state index >= 15 is 0 Å². The van der Waals surface area contributed by atoms with Crippen LogP contribution >= 0.6 is 11.8 Å². The molecular formula is C11H19N3OS. The standard InChI is InChI=1S/C11H19N3OS/c1-8(12-11(15)5-6-16-4)10-7-14(3)13-9(10)2/h7-8H,5-6H2,1-4H3,(H,12,15). The van der Waals surface area contributed by atoms with Gasteiger partial charge < -0.3 is 5.32 Å². The Labute approximate surface area is 101 Å². The molecule has 1 rings (SSSR count). The van der Waals surface area contributed by atoms with E-state index in [1.54, 1.807) is 16.4 Å². The van der Waals surface area contributed by atoms with E-state index in [0.717, 1.165) is 17.0 Å². The molecule has 0 bridgehead atoms. The zero-order valence-electron chi connectivity index (χ0n) is 10.3. The fourth-order valence-corrected chi connectivity index (χ4v) is 2.02. The third-order valence-electron chi connectivity index (χ3n) is 2.43. The number of nitrogens with one attached hydrogen (secondary N) is 1. The van der Waals surface area contributed by atoms with Gasteiger partial charge in [-0.2, -0.15) is 16.9 Å². The maximum atomic E-state index is 11.6. The Morgan fingerprint density at radius 1 is 1.69 bits per heavy atom. The number of aromatic nitrogens is 2. The molecule has 0 spiro atoms. The molecule has 0 fully saturated rings. The molecule has 1 amide bonds. The fourth-order valence-electron chi connectivity index (χ4n) is 1.63. The van der Waals surface area contributed by atoms with Crippen molar-refractivity contribution in [2.24, 2.45) is 7.05 Å². The summed E-state index contributed by atoms with van der Waals surface area (Å²) in [6, 6.07) is 0.0306. The van der Waals surface area contributed by atoms with Crippen molar-refractivity contribution in [1.82, 2.24) is 15.1 Å². The molecule has 5 heteroatoms. The van der Waals surface area contributed by atoms with Gasteiger partial charge >= 0.3 is 0 Å². The predicted molar refractivity (Wildman–Crippen MR) is 67.5 cm³/mol. The largest absolute Gasteiger partial charge is 0.349 e. The maximum absolute atomic E-state index is 11.6. The van der Waals surface area contributed by atoms with Crippen LogP contribution in [0.3, 0.4) is 0 Å². The summed E-state index contributed by atoms with van der Waals surface area (Å²) in [4.78, 5) is 11.6. The van der Waals surface area contributed by atoms with Crippen molar-refractivity contribution in [3.63, 3.8) is 0 Å². The SMILES string of the molecule is CSCCC(=O)NC(C)c1cn(C)nc1C. The smallest absolute Gasteiger partial charge is 0.221 e. The third kappa shape index (κ3) is 3.56. The summed E-state index contributed by atoms with van der Waals surface area (Å²) < 4.78 is 1.77. The summed E-state index contributed by atoms with van der Waals surface area (Å²) in [6.45, 7) is 3.95. The van der Waals surface area contributed by atoms with Crippen molar-refractivity contribution >= 4 is 17.7 Å². The van der Waals surface area contributed by atoms with E-state index in [2.05, 4.69) is 10.4 Å². The summed E-state index contributed by atoms with van der Waals surface area (Å²) in [7, 11) is 1.89. The van der Waals surface area contributed by atoms with Crippen LogP contribution in [0.25, 0.3) is 0 Å². The molecule has 0 radical (unpaired) electrons. The normalized spacial score (nSPS) is 12.5. The number of amides is 1. The van der Waals surface area contributed by atoms with Crippen LogP contribution in [0.5, 0.6) is 0 Å². The molecule has 90 valence electrons. The lowest BCUT2D eigenvalue weighted by Crippen LogP contribution is -2.27. The average molecular weight is 241 g/mol. The van der Waals surface area contributed by atoms with Gasteiger partial charge in [0.25, 0.3) is 0 Å². The predicted octanol–water partition coefficient (Wildman–Crippen LogP) is 1.66. The van der Waals surface area contributed by atoms with Crippen LogP contribution in [0.1, 0.15) is 30.6 Å². The lowest BCUT2D eigenvalue weighted by atomic mass is 10.1. The Hall–Kier alpha value is -0.970. The quantitative estimate of drug-likeness (QED) is 0.853. The van der Waals surface area contributed by atoms with Gasteiger partial charge in [-0.3, -0.25) is 9.48 Å². The van der Waals surface area contributed by atoms with Crippen molar-refractivity contribution in [2.75, 3.05) is 12.0 Å². The Morgan fingerprint density at radius 2 is 2.38 bits per heavy atom. The minimum absolute atomic E-state index is 0.0306. The van der Waals surface area contributed by atoms with E-state index < -0.39 is 0 Å². The summed E-state index contributed by atoms with van der Waals surface area (Å²) in [5.41, 5.74) is 2.06. The molecule has 0 aliphatic heterocycles.